The molecule has 1 amide bonds. The molecule has 2 N–H and O–H groups in total. The number of hydrogen-bond acceptors (Lipinski definition) is 6. The number of pyridine rings is 1. The standard InChI is InChI=1S/C21H20FN5O3/c1-30-9-3-2-8-24-20(28)15-5-7-19(25-12-15)27-21(29)17(13-26-27)16-6-4-14(11-23)10-18(16)22/h4-7,10,12-13,29H,2-3,8-9H2,1H3,(H,24,28). The van der Waals surface area contributed by atoms with Gasteiger partial charge in [-0.15, -0.1) is 0 Å². The zero-order valence-corrected chi connectivity index (χ0v) is 16.3. The average molecular weight is 409 g/mol. The highest BCUT2D eigenvalue weighted by atomic mass is 19.1. The van der Waals surface area contributed by atoms with Crippen LogP contribution in [-0.2, 0) is 4.74 Å². The van der Waals surface area contributed by atoms with E-state index in [9.17, 15) is 14.3 Å². The lowest BCUT2D eigenvalue weighted by atomic mass is 10.1. The molecule has 0 saturated carbocycles. The molecule has 0 atom stereocenters. The molecule has 0 aliphatic carbocycles. The Labute approximate surface area is 172 Å². The Bertz CT molecular complexity index is 1070. The van der Waals surface area contributed by atoms with E-state index in [1.165, 1.54) is 30.6 Å². The van der Waals surface area contributed by atoms with E-state index in [1.807, 2.05) is 6.07 Å². The van der Waals surface area contributed by atoms with Crippen LogP contribution in [0.5, 0.6) is 5.88 Å². The van der Waals surface area contributed by atoms with Gasteiger partial charge in [-0.25, -0.2) is 9.37 Å². The third-order valence-electron chi connectivity index (χ3n) is 4.42. The first kappa shape index (κ1) is 21.0. The van der Waals surface area contributed by atoms with Crippen molar-refractivity contribution in [2.75, 3.05) is 20.3 Å². The van der Waals surface area contributed by atoms with Gasteiger partial charge in [-0.05, 0) is 43.2 Å². The van der Waals surface area contributed by atoms with Crippen molar-refractivity contribution in [3.63, 3.8) is 0 Å². The summed E-state index contributed by atoms with van der Waals surface area (Å²) >= 11 is 0. The van der Waals surface area contributed by atoms with E-state index in [0.717, 1.165) is 23.6 Å². The molecular weight excluding hydrogens is 389 g/mol. The van der Waals surface area contributed by atoms with Crippen LogP contribution in [0.1, 0.15) is 28.8 Å². The fourth-order valence-electron chi connectivity index (χ4n) is 2.82. The summed E-state index contributed by atoms with van der Waals surface area (Å²) in [6.07, 6.45) is 4.35. The molecule has 3 rings (SSSR count). The highest BCUT2D eigenvalue weighted by Gasteiger charge is 2.17. The lowest BCUT2D eigenvalue weighted by Gasteiger charge is -2.07. The van der Waals surface area contributed by atoms with E-state index >= 15 is 0 Å². The molecule has 0 radical (unpaired) electrons. The van der Waals surface area contributed by atoms with E-state index in [2.05, 4.69) is 15.4 Å². The quantitative estimate of drug-likeness (QED) is 0.553. The van der Waals surface area contributed by atoms with Crippen LogP contribution in [0.25, 0.3) is 16.9 Å². The zero-order chi connectivity index (χ0) is 21.5. The minimum atomic E-state index is -0.644. The number of methoxy groups -OCH3 is 1. The van der Waals surface area contributed by atoms with Crippen molar-refractivity contribution in [2.45, 2.75) is 12.8 Å². The number of benzene rings is 1. The highest BCUT2D eigenvalue weighted by Crippen LogP contribution is 2.32. The van der Waals surface area contributed by atoms with E-state index in [1.54, 1.807) is 13.2 Å². The van der Waals surface area contributed by atoms with Gasteiger partial charge in [0.1, 0.15) is 5.82 Å². The first-order chi connectivity index (χ1) is 14.5. The van der Waals surface area contributed by atoms with Gasteiger partial charge < -0.3 is 15.2 Å². The van der Waals surface area contributed by atoms with Crippen LogP contribution in [0, 0.1) is 17.1 Å². The van der Waals surface area contributed by atoms with Crippen LogP contribution < -0.4 is 5.32 Å². The lowest BCUT2D eigenvalue weighted by Crippen LogP contribution is -2.24. The second-order valence-electron chi connectivity index (χ2n) is 6.46. The Kier molecular flexibility index (Phi) is 6.72. The number of aromatic nitrogens is 3. The number of hydrogen-bond donors (Lipinski definition) is 2. The summed E-state index contributed by atoms with van der Waals surface area (Å²) in [6, 6.07) is 8.91. The number of carbonyl (C=O) groups is 1. The fourth-order valence-corrected chi connectivity index (χ4v) is 2.82. The van der Waals surface area contributed by atoms with Crippen molar-refractivity contribution in [3.05, 3.63) is 59.7 Å². The molecule has 0 aliphatic rings. The number of amides is 1. The van der Waals surface area contributed by atoms with Crippen molar-refractivity contribution in [1.29, 1.82) is 5.26 Å². The Morgan fingerprint density at radius 3 is 2.77 bits per heavy atom. The molecule has 154 valence electrons. The molecule has 2 aromatic heterocycles. The van der Waals surface area contributed by atoms with Crippen molar-refractivity contribution in [3.8, 4) is 28.9 Å². The molecule has 0 bridgehead atoms. The van der Waals surface area contributed by atoms with Crippen molar-refractivity contribution in [1.82, 2.24) is 20.1 Å². The number of nitrogens with zero attached hydrogens (tertiary/aromatic N) is 4. The van der Waals surface area contributed by atoms with Crippen molar-refractivity contribution in [2.24, 2.45) is 0 Å². The normalized spacial score (nSPS) is 10.6. The van der Waals surface area contributed by atoms with Crippen LogP contribution in [0.15, 0.2) is 42.7 Å². The van der Waals surface area contributed by atoms with Gasteiger partial charge in [0.25, 0.3) is 5.91 Å². The molecular formula is C21H20FN5O3. The van der Waals surface area contributed by atoms with Crippen LogP contribution in [0.2, 0.25) is 0 Å². The molecule has 0 unspecified atom stereocenters. The van der Waals surface area contributed by atoms with Crippen molar-refractivity contribution >= 4 is 5.91 Å². The van der Waals surface area contributed by atoms with Gasteiger partial charge in [-0.2, -0.15) is 15.0 Å². The third kappa shape index (κ3) is 4.61. The van der Waals surface area contributed by atoms with Gasteiger partial charge in [-0.3, -0.25) is 4.79 Å². The maximum Gasteiger partial charge on any atom is 0.252 e. The molecule has 0 aliphatic heterocycles. The van der Waals surface area contributed by atoms with Gasteiger partial charge in [0.2, 0.25) is 5.88 Å². The number of nitriles is 1. The first-order valence-corrected chi connectivity index (χ1v) is 9.25. The van der Waals surface area contributed by atoms with Crippen molar-refractivity contribution < 1.29 is 19.0 Å². The molecule has 30 heavy (non-hydrogen) atoms. The molecule has 9 heteroatoms. The van der Waals surface area contributed by atoms with Gasteiger partial charge in [-0.1, -0.05) is 0 Å². The summed E-state index contributed by atoms with van der Waals surface area (Å²) in [5, 5.41) is 26.2. The lowest BCUT2D eigenvalue weighted by molar-refractivity contribution is 0.0951. The predicted molar refractivity (Wildman–Crippen MR) is 107 cm³/mol. The second kappa shape index (κ2) is 9.62. The van der Waals surface area contributed by atoms with Crippen LogP contribution in [-0.4, -0.2) is 46.0 Å². The number of halogens is 1. The topological polar surface area (TPSA) is 113 Å². The molecule has 0 spiro atoms. The summed E-state index contributed by atoms with van der Waals surface area (Å²) in [5.41, 5.74) is 0.826. The monoisotopic (exact) mass is 409 g/mol. The number of ether oxygens (including phenoxy) is 1. The van der Waals surface area contributed by atoms with Crippen LogP contribution >= 0.6 is 0 Å². The van der Waals surface area contributed by atoms with Crippen LogP contribution in [0.3, 0.4) is 0 Å². The Balaban J connectivity index is 1.73. The summed E-state index contributed by atoms with van der Waals surface area (Å²) in [4.78, 5) is 16.3. The molecule has 1 aromatic carbocycles. The summed E-state index contributed by atoms with van der Waals surface area (Å²) in [7, 11) is 1.63. The maximum absolute atomic E-state index is 14.3. The van der Waals surface area contributed by atoms with E-state index in [4.69, 9.17) is 10.00 Å². The molecule has 0 saturated heterocycles. The van der Waals surface area contributed by atoms with Gasteiger partial charge in [0.05, 0.1) is 29.0 Å². The smallest absolute Gasteiger partial charge is 0.252 e. The first-order valence-electron chi connectivity index (χ1n) is 9.25. The Hall–Kier alpha value is -3.77. The minimum Gasteiger partial charge on any atom is -0.493 e. The number of rotatable bonds is 8. The van der Waals surface area contributed by atoms with E-state index < -0.39 is 5.82 Å². The van der Waals surface area contributed by atoms with Crippen LogP contribution in [0.4, 0.5) is 4.39 Å². The van der Waals surface area contributed by atoms with Gasteiger partial charge in [0, 0.05) is 32.0 Å². The number of nitrogens with one attached hydrogen (secondary N) is 1. The summed E-state index contributed by atoms with van der Waals surface area (Å²) < 4.78 is 20.4. The summed E-state index contributed by atoms with van der Waals surface area (Å²) in [5.74, 6) is -0.934. The minimum absolute atomic E-state index is 0.113. The fraction of sp³-hybridized carbons (Fsp3) is 0.238. The number of carbonyl (C=O) groups excluding carboxylic acids is 1. The Morgan fingerprint density at radius 2 is 2.10 bits per heavy atom. The largest absolute Gasteiger partial charge is 0.493 e. The maximum atomic E-state index is 14.3. The summed E-state index contributed by atoms with van der Waals surface area (Å²) in [6.45, 7) is 1.18. The van der Waals surface area contributed by atoms with E-state index in [0.29, 0.717) is 18.7 Å². The predicted octanol–water partition coefficient (Wildman–Crippen LogP) is 2.81. The zero-order valence-electron chi connectivity index (χ0n) is 16.3. The Morgan fingerprint density at radius 1 is 1.27 bits per heavy atom. The molecule has 8 nitrogen and oxygen atoms in total. The van der Waals surface area contributed by atoms with E-state index in [-0.39, 0.29) is 34.3 Å². The highest BCUT2D eigenvalue weighted by molar-refractivity contribution is 5.93. The number of unbranched alkanes of at least 4 members (excludes halogenated alkanes) is 1. The second-order valence-corrected chi connectivity index (χ2v) is 6.46. The molecule has 2 heterocycles. The van der Waals surface area contributed by atoms with Gasteiger partial charge in [0.15, 0.2) is 5.82 Å². The molecule has 3 aromatic rings. The molecule has 0 fully saturated rings. The number of aromatic hydroxyl groups is 1. The average Bonchev–Trinajstić information content (AvgIpc) is 3.14. The third-order valence-corrected chi connectivity index (χ3v) is 4.42. The van der Waals surface area contributed by atoms with Gasteiger partial charge >= 0.3 is 0 Å². The SMILES string of the molecule is COCCCCNC(=O)c1ccc(-n2ncc(-c3ccc(C#N)cc3F)c2O)nc1.